The number of ether oxygens (including phenoxy) is 2. The van der Waals surface area contributed by atoms with Gasteiger partial charge in [0.15, 0.2) is 6.29 Å². The first-order valence-corrected chi connectivity index (χ1v) is 5.67. The van der Waals surface area contributed by atoms with Crippen LogP contribution in [-0.4, -0.2) is 37.3 Å². The first kappa shape index (κ1) is 13.0. The maximum Gasteiger partial charge on any atom is 0.335 e. The molecule has 0 unspecified atom stereocenters. The Kier molecular flexibility index (Phi) is 5.31. The van der Waals surface area contributed by atoms with Crippen LogP contribution >= 0.6 is 11.8 Å². The summed E-state index contributed by atoms with van der Waals surface area (Å²) in [5.41, 5.74) is 0.288. The number of hydrogen-bond donors (Lipinski definition) is 1. The van der Waals surface area contributed by atoms with Gasteiger partial charge in [0, 0.05) is 24.9 Å². The number of carboxylic acid groups (broad SMARTS) is 1. The van der Waals surface area contributed by atoms with Crippen molar-refractivity contribution < 1.29 is 19.4 Å². The largest absolute Gasteiger partial charge is 0.478 e. The van der Waals surface area contributed by atoms with E-state index in [1.165, 1.54) is 11.8 Å². The van der Waals surface area contributed by atoms with Crippen molar-refractivity contribution in [3.63, 3.8) is 0 Å². The summed E-state index contributed by atoms with van der Waals surface area (Å²) in [6, 6.07) is 6.78. The quantitative estimate of drug-likeness (QED) is 0.611. The summed E-state index contributed by atoms with van der Waals surface area (Å²) in [5, 5.41) is 8.82. The molecule has 0 aliphatic rings. The van der Waals surface area contributed by atoms with Crippen molar-refractivity contribution in [2.45, 2.75) is 11.2 Å². The van der Waals surface area contributed by atoms with E-state index in [0.717, 1.165) is 4.90 Å². The Labute approximate surface area is 98.6 Å². The van der Waals surface area contributed by atoms with E-state index in [4.69, 9.17) is 14.6 Å². The maximum absolute atomic E-state index is 10.7. The van der Waals surface area contributed by atoms with Gasteiger partial charge < -0.3 is 14.6 Å². The number of aromatic carboxylic acids is 1. The van der Waals surface area contributed by atoms with Crippen LogP contribution < -0.4 is 0 Å². The van der Waals surface area contributed by atoms with Gasteiger partial charge in [0.2, 0.25) is 0 Å². The molecule has 16 heavy (non-hydrogen) atoms. The van der Waals surface area contributed by atoms with Crippen molar-refractivity contribution >= 4 is 17.7 Å². The molecule has 0 atom stereocenters. The fourth-order valence-corrected chi connectivity index (χ4v) is 2.10. The van der Waals surface area contributed by atoms with Crippen molar-refractivity contribution in [2.24, 2.45) is 0 Å². The van der Waals surface area contributed by atoms with Crippen LogP contribution in [0.3, 0.4) is 0 Å². The predicted molar refractivity (Wildman–Crippen MR) is 61.9 cm³/mol. The molecule has 5 heteroatoms. The molecule has 0 aliphatic carbocycles. The molecule has 0 saturated carbocycles. The van der Waals surface area contributed by atoms with Gasteiger partial charge in [-0.2, -0.15) is 0 Å². The number of benzene rings is 1. The van der Waals surface area contributed by atoms with E-state index in [1.807, 2.05) is 6.07 Å². The van der Waals surface area contributed by atoms with Gasteiger partial charge in [0.1, 0.15) is 0 Å². The minimum Gasteiger partial charge on any atom is -0.478 e. The number of rotatable bonds is 6. The Morgan fingerprint density at radius 1 is 1.44 bits per heavy atom. The van der Waals surface area contributed by atoms with Crippen LogP contribution in [0.25, 0.3) is 0 Å². The molecule has 0 spiro atoms. The van der Waals surface area contributed by atoms with Crippen molar-refractivity contribution in [2.75, 3.05) is 20.0 Å². The molecule has 1 N–H and O–H groups in total. The summed E-state index contributed by atoms with van der Waals surface area (Å²) >= 11 is 1.50. The number of hydrogen-bond acceptors (Lipinski definition) is 4. The van der Waals surface area contributed by atoms with Gasteiger partial charge in [-0.25, -0.2) is 4.79 Å². The Balaban J connectivity index is 2.60. The molecule has 0 radical (unpaired) electrons. The monoisotopic (exact) mass is 242 g/mol. The van der Waals surface area contributed by atoms with Crippen LogP contribution in [0.4, 0.5) is 0 Å². The average Bonchev–Trinajstić information content (AvgIpc) is 2.31. The van der Waals surface area contributed by atoms with Crippen molar-refractivity contribution in [3.8, 4) is 0 Å². The minimum absolute atomic E-state index is 0.279. The molecular weight excluding hydrogens is 228 g/mol. The van der Waals surface area contributed by atoms with Gasteiger partial charge in [-0.05, 0) is 18.2 Å². The highest BCUT2D eigenvalue weighted by molar-refractivity contribution is 7.99. The molecule has 4 nitrogen and oxygen atoms in total. The summed E-state index contributed by atoms with van der Waals surface area (Å²) in [6.45, 7) is 0. The summed E-state index contributed by atoms with van der Waals surface area (Å²) in [4.78, 5) is 11.6. The Bertz CT molecular complexity index is 350. The molecule has 0 fully saturated rings. The zero-order chi connectivity index (χ0) is 12.0. The molecule has 0 bridgehead atoms. The zero-order valence-electron chi connectivity index (χ0n) is 9.17. The van der Waals surface area contributed by atoms with Crippen LogP contribution in [0.2, 0.25) is 0 Å². The highest BCUT2D eigenvalue weighted by Crippen LogP contribution is 2.20. The molecule has 0 heterocycles. The lowest BCUT2D eigenvalue weighted by molar-refractivity contribution is -0.0842. The van der Waals surface area contributed by atoms with Gasteiger partial charge in [-0.1, -0.05) is 6.07 Å². The fraction of sp³-hybridized carbons (Fsp3) is 0.364. The van der Waals surface area contributed by atoms with Crippen LogP contribution in [-0.2, 0) is 9.47 Å². The molecule has 0 saturated heterocycles. The SMILES string of the molecule is COC(CSc1cccc(C(=O)O)c1)OC. The average molecular weight is 242 g/mol. The van der Waals surface area contributed by atoms with Gasteiger partial charge >= 0.3 is 5.97 Å². The summed E-state index contributed by atoms with van der Waals surface area (Å²) in [6.07, 6.45) is -0.279. The highest BCUT2D eigenvalue weighted by Gasteiger charge is 2.07. The normalized spacial score (nSPS) is 10.7. The lowest BCUT2D eigenvalue weighted by atomic mass is 10.2. The minimum atomic E-state index is -0.919. The van der Waals surface area contributed by atoms with E-state index >= 15 is 0 Å². The number of thioether (sulfide) groups is 1. The fourth-order valence-electron chi connectivity index (χ4n) is 1.12. The topological polar surface area (TPSA) is 55.8 Å². The van der Waals surface area contributed by atoms with E-state index in [1.54, 1.807) is 32.4 Å². The second-order valence-electron chi connectivity index (χ2n) is 3.04. The summed E-state index contributed by atoms with van der Waals surface area (Å²) in [7, 11) is 3.14. The maximum atomic E-state index is 10.7. The Hall–Kier alpha value is -1.04. The first-order chi connectivity index (χ1) is 7.67. The molecule has 1 rings (SSSR count). The second kappa shape index (κ2) is 6.52. The molecule has 0 amide bonds. The van der Waals surface area contributed by atoms with Crippen molar-refractivity contribution in [1.82, 2.24) is 0 Å². The molecule has 0 aromatic heterocycles. The molecule has 0 aliphatic heterocycles. The summed E-state index contributed by atoms with van der Waals surface area (Å²) < 4.78 is 10.1. The van der Waals surface area contributed by atoms with Crippen LogP contribution in [0.1, 0.15) is 10.4 Å². The number of methoxy groups -OCH3 is 2. The number of carbonyl (C=O) groups is 1. The molecule has 1 aromatic rings. The van der Waals surface area contributed by atoms with E-state index in [2.05, 4.69) is 0 Å². The molecule has 1 aromatic carbocycles. The van der Waals surface area contributed by atoms with Crippen LogP contribution in [0, 0.1) is 0 Å². The molecule has 88 valence electrons. The third-order valence-electron chi connectivity index (χ3n) is 1.99. The van der Waals surface area contributed by atoms with Crippen molar-refractivity contribution in [3.05, 3.63) is 29.8 Å². The predicted octanol–water partition coefficient (Wildman–Crippen LogP) is 2.10. The van der Waals surface area contributed by atoms with Gasteiger partial charge in [0.05, 0.1) is 5.56 Å². The van der Waals surface area contributed by atoms with Gasteiger partial charge in [0.25, 0.3) is 0 Å². The van der Waals surface area contributed by atoms with E-state index in [0.29, 0.717) is 5.75 Å². The Morgan fingerprint density at radius 2 is 2.12 bits per heavy atom. The first-order valence-electron chi connectivity index (χ1n) is 4.69. The summed E-state index contributed by atoms with van der Waals surface area (Å²) in [5.74, 6) is -0.298. The van der Waals surface area contributed by atoms with Gasteiger partial charge in [-0.3, -0.25) is 0 Å². The highest BCUT2D eigenvalue weighted by atomic mass is 32.2. The smallest absolute Gasteiger partial charge is 0.335 e. The lowest BCUT2D eigenvalue weighted by Crippen LogP contribution is -2.15. The van der Waals surface area contributed by atoms with E-state index < -0.39 is 5.97 Å². The number of carboxylic acids is 1. The van der Waals surface area contributed by atoms with Crippen LogP contribution in [0.5, 0.6) is 0 Å². The third-order valence-corrected chi connectivity index (χ3v) is 3.02. The van der Waals surface area contributed by atoms with Crippen molar-refractivity contribution in [1.29, 1.82) is 0 Å². The lowest BCUT2D eigenvalue weighted by Gasteiger charge is -2.12. The van der Waals surface area contributed by atoms with E-state index in [9.17, 15) is 4.79 Å². The van der Waals surface area contributed by atoms with Gasteiger partial charge in [-0.15, -0.1) is 11.8 Å². The standard InChI is InChI=1S/C11H14O4S/c1-14-10(15-2)7-16-9-5-3-4-8(6-9)11(12)13/h3-6,10H,7H2,1-2H3,(H,12,13). The van der Waals surface area contributed by atoms with Crippen LogP contribution in [0.15, 0.2) is 29.2 Å². The van der Waals surface area contributed by atoms with E-state index in [-0.39, 0.29) is 11.9 Å². The Morgan fingerprint density at radius 3 is 2.69 bits per heavy atom. The second-order valence-corrected chi connectivity index (χ2v) is 4.14. The zero-order valence-corrected chi connectivity index (χ0v) is 9.99. The third kappa shape index (κ3) is 3.84. The molecular formula is C11H14O4S.